The van der Waals surface area contributed by atoms with Gasteiger partial charge in [-0.05, 0) is 50.9 Å². The van der Waals surface area contributed by atoms with Gasteiger partial charge in [0.25, 0.3) is 5.91 Å². The van der Waals surface area contributed by atoms with Gasteiger partial charge < -0.3 is 10.6 Å². The molecule has 2 rings (SSSR count). The van der Waals surface area contributed by atoms with Gasteiger partial charge in [-0.3, -0.25) is 14.5 Å². The van der Waals surface area contributed by atoms with Crippen molar-refractivity contribution in [3.8, 4) is 12.3 Å². The van der Waals surface area contributed by atoms with Crippen LogP contribution in [0.1, 0.15) is 42.1 Å². The van der Waals surface area contributed by atoms with Crippen LogP contribution in [-0.4, -0.2) is 42.4 Å². The Morgan fingerprint density at radius 3 is 2.88 bits per heavy atom. The summed E-state index contributed by atoms with van der Waals surface area (Å²) in [5.41, 5.74) is 2.15. The van der Waals surface area contributed by atoms with Gasteiger partial charge in [-0.1, -0.05) is 18.4 Å². The number of anilines is 1. The number of rotatable bonds is 5. The zero-order valence-electron chi connectivity index (χ0n) is 14.4. The summed E-state index contributed by atoms with van der Waals surface area (Å²) >= 11 is 0. The average molecular weight is 327 g/mol. The number of nitrogens with one attached hydrogen (secondary N) is 2. The van der Waals surface area contributed by atoms with Crippen LogP contribution in [0.2, 0.25) is 0 Å². The summed E-state index contributed by atoms with van der Waals surface area (Å²) in [5, 5.41) is 5.74. The van der Waals surface area contributed by atoms with Gasteiger partial charge in [0.1, 0.15) is 0 Å². The zero-order chi connectivity index (χ0) is 17.5. The van der Waals surface area contributed by atoms with E-state index in [1.165, 1.54) is 0 Å². The molecule has 1 aromatic rings. The van der Waals surface area contributed by atoms with Crippen LogP contribution in [0.15, 0.2) is 18.2 Å². The van der Waals surface area contributed by atoms with Crippen LogP contribution in [0.25, 0.3) is 0 Å². The van der Waals surface area contributed by atoms with Gasteiger partial charge in [0.15, 0.2) is 0 Å². The molecule has 0 unspecified atom stereocenters. The third kappa shape index (κ3) is 4.36. The fourth-order valence-electron chi connectivity index (χ4n) is 2.97. The van der Waals surface area contributed by atoms with E-state index in [1.807, 2.05) is 24.8 Å². The Morgan fingerprint density at radius 1 is 1.38 bits per heavy atom. The lowest BCUT2D eigenvalue weighted by Crippen LogP contribution is -2.47. The maximum absolute atomic E-state index is 12.7. The number of terminal acetylenes is 1. The van der Waals surface area contributed by atoms with E-state index in [0.717, 1.165) is 31.4 Å². The van der Waals surface area contributed by atoms with Gasteiger partial charge in [-0.25, -0.2) is 0 Å². The molecule has 1 aliphatic rings. The summed E-state index contributed by atoms with van der Waals surface area (Å²) in [6.45, 7) is 5.68. The molecule has 1 atom stereocenters. The van der Waals surface area contributed by atoms with Crippen LogP contribution in [0, 0.1) is 19.3 Å². The minimum Gasteiger partial charge on any atom is -0.352 e. The molecule has 24 heavy (non-hydrogen) atoms. The van der Waals surface area contributed by atoms with E-state index < -0.39 is 0 Å². The number of nitrogens with zero attached hydrogens (tertiary/aromatic N) is 1. The van der Waals surface area contributed by atoms with E-state index in [1.54, 1.807) is 12.1 Å². The molecule has 1 aromatic carbocycles. The molecule has 0 bridgehead atoms. The first kappa shape index (κ1) is 18.0. The molecule has 1 aliphatic heterocycles. The van der Waals surface area contributed by atoms with Crippen LogP contribution in [0.5, 0.6) is 0 Å². The smallest absolute Gasteiger partial charge is 0.251 e. The van der Waals surface area contributed by atoms with Crippen molar-refractivity contribution in [2.45, 2.75) is 39.2 Å². The van der Waals surface area contributed by atoms with Crippen LogP contribution in [-0.2, 0) is 4.79 Å². The Hall–Kier alpha value is -2.32. The highest BCUT2D eigenvalue weighted by Crippen LogP contribution is 2.21. The molecule has 2 amide bonds. The Bertz CT molecular complexity index is 649. The van der Waals surface area contributed by atoms with Crippen molar-refractivity contribution in [1.29, 1.82) is 0 Å². The first-order valence-electron chi connectivity index (χ1n) is 8.44. The van der Waals surface area contributed by atoms with E-state index in [-0.39, 0.29) is 17.9 Å². The van der Waals surface area contributed by atoms with Crippen LogP contribution < -0.4 is 10.6 Å². The molecule has 0 aliphatic carbocycles. The molecule has 0 saturated carbocycles. The normalized spacial score (nSPS) is 17.8. The minimum atomic E-state index is -0.206. The number of amides is 2. The summed E-state index contributed by atoms with van der Waals surface area (Å²) in [6, 6.07) is 5.14. The largest absolute Gasteiger partial charge is 0.352 e. The second kappa shape index (κ2) is 8.51. The average Bonchev–Trinajstić information content (AvgIpc) is 2.57. The van der Waals surface area contributed by atoms with Crippen molar-refractivity contribution in [2.24, 2.45) is 0 Å². The van der Waals surface area contributed by atoms with E-state index >= 15 is 0 Å². The topological polar surface area (TPSA) is 61.4 Å². The molecular weight excluding hydrogens is 302 g/mol. The monoisotopic (exact) mass is 327 g/mol. The third-order valence-electron chi connectivity index (χ3n) is 4.31. The maximum atomic E-state index is 12.7. The standard InChI is InChI=1S/C19H25N3O2/c1-4-11-22-12-7-6-8-17(22)19(24)21-16-13-15(10-9-14(16)3)18(23)20-5-2/h1,9-10,13,17H,5-8,11-12H2,2-3H3,(H,20,23)(H,21,24)/t17-/m1/s1. The molecule has 0 radical (unpaired) electrons. The van der Waals surface area contributed by atoms with Gasteiger partial charge in [0, 0.05) is 17.8 Å². The second-order valence-electron chi connectivity index (χ2n) is 6.06. The predicted molar refractivity (Wildman–Crippen MR) is 95.9 cm³/mol. The van der Waals surface area contributed by atoms with Crippen LogP contribution in [0.3, 0.4) is 0 Å². The molecule has 5 nitrogen and oxygen atoms in total. The van der Waals surface area contributed by atoms with Crippen molar-refractivity contribution >= 4 is 17.5 Å². The number of likely N-dealkylation sites (tertiary alicyclic amines) is 1. The lowest BCUT2D eigenvalue weighted by Gasteiger charge is -2.33. The quantitative estimate of drug-likeness (QED) is 0.815. The SMILES string of the molecule is C#CCN1CCCC[C@@H]1C(=O)Nc1cc(C(=O)NCC)ccc1C. The third-order valence-corrected chi connectivity index (χ3v) is 4.31. The van der Waals surface area contributed by atoms with Gasteiger partial charge in [0.2, 0.25) is 5.91 Å². The Kier molecular flexibility index (Phi) is 6.39. The highest BCUT2D eigenvalue weighted by Gasteiger charge is 2.28. The summed E-state index contributed by atoms with van der Waals surface area (Å²) in [6.07, 6.45) is 8.31. The second-order valence-corrected chi connectivity index (χ2v) is 6.06. The summed E-state index contributed by atoms with van der Waals surface area (Å²) in [7, 11) is 0. The fourth-order valence-corrected chi connectivity index (χ4v) is 2.97. The Labute approximate surface area is 143 Å². The number of hydrogen-bond donors (Lipinski definition) is 2. The first-order chi connectivity index (χ1) is 11.6. The molecule has 128 valence electrons. The summed E-state index contributed by atoms with van der Waals surface area (Å²) in [5.74, 6) is 2.43. The van der Waals surface area contributed by atoms with Gasteiger partial charge >= 0.3 is 0 Å². The van der Waals surface area contributed by atoms with Crippen molar-refractivity contribution in [2.75, 3.05) is 25.0 Å². The van der Waals surface area contributed by atoms with E-state index in [2.05, 4.69) is 16.6 Å². The lowest BCUT2D eigenvalue weighted by molar-refractivity contribution is -0.122. The fraction of sp³-hybridized carbons (Fsp3) is 0.474. The molecule has 1 saturated heterocycles. The minimum absolute atomic E-state index is 0.0545. The number of carbonyl (C=O) groups excluding carboxylic acids is 2. The van der Waals surface area contributed by atoms with Crippen molar-refractivity contribution in [3.63, 3.8) is 0 Å². The molecule has 0 aromatic heterocycles. The van der Waals surface area contributed by atoms with E-state index in [4.69, 9.17) is 6.42 Å². The molecule has 0 spiro atoms. The number of aryl methyl sites for hydroxylation is 1. The van der Waals surface area contributed by atoms with E-state index in [9.17, 15) is 9.59 Å². The molecule has 2 N–H and O–H groups in total. The molecule has 1 heterocycles. The van der Waals surface area contributed by atoms with E-state index in [0.29, 0.717) is 24.3 Å². The highest BCUT2D eigenvalue weighted by atomic mass is 16.2. The summed E-state index contributed by atoms with van der Waals surface area (Å²) in [4.78, 5) is 26.7. The first-order valence-corrected chi connectivity index (χ1v) is 8.44. The Balaban J connectivity index is 2.14. The molecular formula is C19H25N3O2. The molecule has 1 fully saturated rings. The maximum Gasteiger partial charge on any atom is 0.251 e. The lowest BCUT2D eigenvalue weighted by atomic mass is 10.0. The Morgan fingerprint density at radius 2 is 2.17 bits per heavy atom. The van der Waals surface area contributed by atoms with Crippen LogP contribution >= 0.6 is 0 Å². The number of benzene rings is 1. The molecule has 5 heteroatoms. The predicted octanol–water partition coefficient (Wildman–Crippen LogP) is 2.17. The highest BCUT2D eigenvalue weighted by molar-refractivity contribution is 5.99. The van der Waals surface area contributed by atoms with Crippen molar-refractivity contribution < 1.29 is 9.59 Å². The van der Waals surface area contributed by atoms with Crippen molar-refractivity contribution in [3.05, 3.63) is 29.3 Å². The van der Waals surface area contributed by atoms with Gasteiger partial charge in [-0.15, -0.1) is 6.42 Å². The van der Waals surface area contributed by atoms with Gasteiger partial charge in [-0.2, -0.15) is 0 Å². The zero-order valence-corrected chi connectivity index (χ0v) is 14.4. The number of piperidine rings is 1. The number of carbonyl (C=O) groups is 2. The van der Waals surface area contributed by atoms with Crippen molar-refractivity contribution in [1.82, 2.24) is 10.2 Å². The van der Waals surface area contributed by atoms with Gasteiger partial charge in [0.05, 0.1) is 12.6 Å². The summed E-state index contributed by atoms with van der Waals surface area (Å²) < 4.78 is 0. The number of hydrogen-bond acceptors (Lipinski definition) is 3. The van der Waals surface area contributed by atoms with Crippen LogP contribution in [0.4, 0.5) is 5.69 Å².